The van der Waals surface area contributed by atoms with Crippen LogP contribution >= 0.6 is 0 Å². The summed E-state index contributed by atoms with van der Waals surface area (Å²) >= 11 is 0. The molecule has 1 aromatic rings. The fourth-order valence-electron chi connectivity index (χ4n) is 2.97. The number of halogens is 4. The molecule has 1 atom stereocenters. The second-order valence-electron chi connectivity index (χ2n) is 6.89. The monoisotopic (exact) mass is 390 g/mol. The van der Waals surface area contributed by atoms with E-state index in [2.05, 4.69) is 6.92 Å². The Labute approximate surface area is 159 Å². The van der Waals surface area contributed by atoms with Crippen molar-refractivity contribution in [2.75, 3.05) is 0 Å². The van der Waals surface area contributed by atoms with Gasteiger partial charge in [-0.05, 0) is 31.4 Å². The van der Waals surface area contributed by atoms with Crippen LogP contribution in [-0.4, -0.2) is 12.1 Å². The van der Waals surface area contributed by atoms with Gasteiger partial charge in [0.2, 0.25) is 0 Å². The summed E-state index contributed by atoms with van der Waals surface area (Å²) in [5.41, 5.74) is -2.10. The molecule has 1 rings (SSSR count). The minimum Gasteiger partial charge on any atom is -0.459 e. The molecule has 27 heavy (non-hydrogen) atoms. The first-order valence-electron chi connectivity index (χ1n) is 9.87. The second kappa shape index (κ2) is 12.0. The topological polar surface area (TPSA) is 26.3 Å². The number of carbonyl (C=O) groups excluding carboxylic acids is 1. The van der Waals surface area contributed by atoms with Crippen LogP contribution in [-0.2, 0) is 10.9 Å². The Kier molecular flexibility index (Phi) is 10.4. The van der Waals surface area contributed by atoms with Crippen LogP contribution in [0.3, 0.4) is 0 Å². The van der Waals surface area contributed by atoms with E-state index in [0.717, 1.165) is 44.2 Å². The summed E-state index contributed by atoms with van der Waals surface area (Å²) in [6, 6.07) is 2.68. The zero-order valence-electron chi connectivity index (χ0n) is 16.2. The van der Waals surface area contributed by atoms with Crippen LogP contribution in [0.15, 0.2) is 18.2 Å². The summed E-state index contributed by atoms with van der Waals surface area (Å²) in [6.07, 6.45) is 4.38. The molecular weight excluding hydrogens is 360 g/mol. The molecule has 0 aliphatic carbocycles. The number of hydrogen-bond donors (Lipinski definition) is 0. The molecule has 0 heterocycles. The summed E-state index contributed by atoms with van der Waals surface area (Å²) in [4.78, 5) is 12.3. The zero-order valence-corrected chi connectivity index (χ0v) is 16.2. The number of alkyl halides is 3. The van der Waals surface area contributed by atoms with Crippen LogP contribution in [0.25, 0.3) is 0 Å². The van der Waals surface area contributed by atoms with E-state index >= 15 is 0 Å². The molecule has 0 saturated carbocycles. The van der Waals surface area contributed by atoms with E-state index in [1.165, 1.54) is 19.3 Å². The third kappa shape index (κ3) is 8.31. The fraction of sp³-hybridized carbons (Fsp3) is 0.667. The summed E-state index contributed by atoms with van der Waals surface area (Å²) in [5.74, 6) is -2.59. The number of carbonyl (C=O) groups is 1. The van der Waals surface area contributed by atoms with Crippen LogP contribution in [0.1, 0.15) is 94.0 Å². The molecule has 0 aromatic heterocycles. The molecule has 0 saturated heterocycles. The lowest BCUT2D eigenvalue weighted by molar-refractivity contribution is -0.140. The maximum absolute atomic E-state index is 14.1. The van der Waals surface area contributed by atoms with E-state index in [9.17, 15) is 22.4 Å². The zero-order chi connectivity index (χ0) is 20.3. The van der Waals surface area contributed by atoms with Crippen molar-refractivity contribution >= 4 is 5.97 Å². The molecule has 0 aliphatic heterocycles. The predicted molar refractivity (Wildman–Crippen MR) is 98.1 cm³/mol. The van der Waals surface area contributed by atoms with E-state index in [1.54, 1.807) is 0 Å². The molecular formula is C21H30F4O2. The number of unbranched alkanes of at least 4 members (excludes halogenated alkanes) is 6. The maximum atomic E-state index is 14.1. The highest BCUT2D eigenvalue weighted by Gasteiger charge is 2.36. The first kappa shape index (κ1) is 23.4. The van der Waals surface area contributed by atoms with Crippen molar-refractivity contribution in [1.29, 1.82) is 0 Å². The quantitative estimate of drug-likeness (QED) is 0.212. The second-order valence-corrected chi connectivity index (χ2v) is 6.89. The summed E-state index contributed by atoms with van der Waals surface area (Å²) in [6.45, 7) is 4.16. The van der Waals surface area contributed by atoms with Gasteiger partial charge in [-0.15, -0.1) is 0 Å². The molecule has 1 aromatic carbocycles. The Morgan fingerprint density at radius 1 is 0.963 bits per heavy atom. The van der Waals surface area contributed by atoms with Gasteiger partial charge >= 0.3 is 12.1 Å². The molecule has 154 valence electrons. The number of rotatable bonds is 12. The third-order valence-electron chi connectivity index (χ3n) is 4.56. The van der Waals surface area contributed by atoms with Gasteiger partial charge in [0.1, 0.15) is 11.9 Å². The van der Waals surface area contributed by atoms with Crippen LogP contribution in [0, 0.1) is 5.82 Å². The Balaban J connectivity index is 2.70. The van der Waals surface area contributed by atoms with E-state index in [4.69, 9.17) is 4.74 Å². The lowest BCUT2D eigenvalue weighted by atomic mass is 10.0. The van der Waals surface area contributed by atoms with Crippen molar-refractivity contribution in [3.05, 3.63) is 35.1 Å². The lowest BCUT2D eigenvalue weighted by Gasteiger charge is -2.18. The molecule has 0 aliphatic rings. The van der Waals surface area contributed by atoms with E-state index < -0.39 is 35.2 Å². The highest BCUT2D eigenvalue weighted by molar-refractivity contribution is 5.90. The SMILES string of the molecule is CCCCCCCCC(CCCC)OC(=O)c1cccc(C(F)(F)F)c1F. The predicted octanol–water partition coefficient (Wildman–Crippen LogP) is 7.31. The number of hydrogen-bond acceptors (Lipinski definition) is 2. The van der Waals surface area contributed by atoms with E-state index in [0.29, 0.717) is 18.9 Å². The fourth-order valence-corrected chi connectivity index (χ4v) is 2.97. The van der Waals surface area contributed by atoms with Crippen LogP contribution in [0.4, 0.5) is 17.6 Å². The average Bonchev–Trinajstić information content (AvgIpc) is 2.61. The Morgan fingerprint density at radius 2 is 1.56 bits per heavy atom. The summed E-state index contributed by atoms with van der Waals surface area (Å²) < 4.78 is 58.0. The van der Waals surface area contributed by atoms with Gasteiger partial charge in [0, 0.05) is 0 Å². The van der Waals surface area contributed by atoms with Crippen molar-refractivity contribution in [1.82, 2.24) is 0 Å². The molecule has 0 spiro atoms. The minimum absolute atomic E-state index is 0.391. The van der Waals surface area contributed by atoms with Gasteiger partial charge in [-0.25, -0.2) is 9.18 Å². The first-order valence-corrected chi connectivity index (χ1v) is 9.87. The first-order chi connectivity index (χ1) is 12.8. The molecule has 0 bridgehead atoms. The Bertz CT molecular complexity index is 570. The van der Waals surface area contributed by atoms with Crippen LogP contribution in [0.2, 0.25) is 0 Å². The number of ether oxygens (including phenoxy) is 1. The summed E-state index contributed by atoms with van der Waals surface area (Å²) in [7, 11) is 0. The number of benzene rings is 1. The van der Waals surface area contributed by atoms with Gasteiger partial charge < -0.3 is 4.74 Å². The molecule has 6 heteroatoms. The third-order valence-corrected chi connectivity index (χ3v) is 4.56. The molecule has 0 N–H and O–H groups in total. The molecule has 0 fully saturated rings. The maximum Gasteiger partial charge on any atom is 0.419 e. The average molecular weight is 390 g/mol. The van der Waals surface area contributed by atoms with Crippen LogP contribution in [0.5, 0.6) is 0 Å². The molecule has 2 nitrogen and oxygen atoms in total. The van der Waals surface area contributed by atoms with Crippen molar-refractivity contribution in [2.24, 2.45) is 0 Å². The number of esters is 1. The molecule has 0 radical (unpaired) electrons. The van der Waals surface area contributed by atoms with Crippen molar-refractivity contribution < 1.29 is 27.1 Å². The van der Waals surface area contributed by atoms with Gasteiger partial charge in [0.15, 0.2) is 0 Å². The van der Waals surface area contributed by atoms with Crippen molar-refractivity contribution in [2.45, 2.75) is 90.3 Å². The minimum atomic E-state index is -4.85. The Morgan fingerprint density at radius 3 is 2.19 bits per heavy atom. The molecule has 1 unspecified atom stereocenters. The lowest BCUT2D eigenvalue weighted by Crippen LogP contribution is -2.20. The normalized spacial score (nSPS) is 12.8. The van der Waals surface area contributed by atoms with Crippen molar-refractivity contribution in [3.8, 4) is 0 Å². The van der Waals surface area contributed by atoms with Gasteiger partial charge in [-0.2, -0.15) is 13.2 Å². The van der Waals surface area contributed by atoms with Gasteiger partial charge in [-0.3, -0.25) is 0 Å². The largest absolute Gasteiger partial charge is 0.459 e. The Hall–Kier alpha value is -1.59. The smallest absolute Gasteiger partial charge is 0.419 e. The van der Waals surface area contributed by atoms with Gasteiger partial charge in [0.25, 0.3) is 0 Å². The van der Waals surface area contributed by atoms with Crippen molar-refractivity contribution in [3.63, 3.8) is 0 Å². The standard InChI is InChI=1S/C21H30F4O2/c1-3-5-7-8-9-10-13-16(12-6-4-2)27-20(26)17-14-11-15-18(19(17)22)21(23,24)25/h11,14-16H,3-10,12-13H2,1-2H3. The van der Waals surface area contributed by atoms with Crippen LogP contribution < -0.4 is 0 Å². The van der Waals surface area contributed by atoms with E-state index in [-0.39, 0.29) is 0 Å². The van der Waals surface area contributed by atoms with Gasteiger partial charge in [0.05, 0.1) is 11.1 Å². The summed E-state index contributed by atoms with van der Waals surface area (Å²) in [5, 5.41) is 0. The van der Waals surface area contributed by atoms with Gasteiger partial charge in [-0.1, -0.05) is 64.9 Å². The highest BCUT2D eigenvalue weighted by atomic mass is 19.4. The highest BCUT2D eigenvalue weighted by Crippen LogP contribution is 2.32. The molecule has 0 amide bonds. The van der Waals surface area contributed by atoms with E-state index in [1.807, 2.05) is 6.92 Å².